The first-order valence-corrected chi connectivity index (χ1v) is 15.3. The van der Waals surface area contributed by atoms with Gasteiger partial charge in [0.2, 0.25) is 11.8 Å². The van der Waals surface area contributed by atoms with Crippen LogP contribution in [0.2, 0.25) is 0 Å². The molecule has 1 atom stereocenters. The molecule has 3 aromatic rings. The van der Waals surface area contributed by atoms with Gasteiger partial charge in [0.15, 0.2) is 0 Å². The lowest BCUT2D eigenvalue weighted by atomic mass is 10.0. The zero-order chi connectivity index (χ0) is 30.2. The van der Waals surface area contributed by atoms with Gasteiger partial charge in [0.05, 0.1) is 17.7 Å². The van der Waals surface area contributed by atoms with Crippen LogP contribution in [-0.2, 0) is 26.2 Å². The molecule has 0 aliphatic carbocycles. The lowest BCUT2D eigenvalue weighted by molar-refractivity contribution is -0.140. The number of rotatable bonds is 13. The van der Waals surface area contributed by atoms with E-state index in [2.05, 4.69) is 19.2 Å². The molecule has 41 heavy (non-hydrogen) atoms. The monoisotopic (exact) mass is 579 g/mol. The van der Waals surface area contributed by atoms with Crippen LogP contribution in [0.15, 0.2) is 83.8 Å². The van der Waals surface area contributed by atoms with Crippen molar-refractivity contribution >= 4 is 27.5 Å². The van der Waals surface area contributed by atoms with Gasteiger partial charge >= 0.3 is 0 Å². The number of methoxy groups -OCH3 is 1. The molecule has 0 radical (unpaired) electrons. The molecule has 3 aromatic carbocycles. The Morgan fingerprint density at radius 1 is 0.878 bits per heavy atom. The highest BCUT2D eigenvalue weighted by atomic mass is 32.2. The first-order chi connectivity index (χ1) is 19.5. The fraction of sp³-hybridized carbons (Fsp3) is 0.375. The minimum atomic E-state index is -4.10. The number of amides is 2. The zero-order valence-electron chi connectivity index (χ0n) is 24.7. The van der Waals surface area contributed by atoms with Gasteiger partial charge in [-0.25, -0.2) is 8.42 Å². The van der Waals surface area contributed by atoms with Crippen LogP contribution in [0, 0.1) is 0 Å². The van der Waals surface area contributed by atoms with Crippen molar-refractivity contribution in [2.75, 3.05) is 18.0 Å². The summed E-state index contributed by atoms with van der Waals surface area (Å²) in [6.45, 7) is 9.31. The molecule has 0 fully saturated rings. The van der Waals surface area contributed by atoms with E-state index in [4.69, 9.17) is 4.74 Å². The molecule has 0 aromatic heterocycles. The summed E-state index contributed by atoms with van der Waals surface area (Å²) in [6, 6.07) is 21.6. The lowest BCUT2D eigenvalue weighted by Crippen LogP contribution is -2.53. The van der Waals surface area contributed by atoms with Crippen molar-refractivity contribution in [3.05, 3.63) is 90.0 Å². The summed E-state index contributed by atoms with van der Waals surface area (Å²) in [7, 11) is -2.53. The van der Waals surface area contributed by atoms with Crippen molar-refractivity contribution < 1.29 is 22.7 Å². The van der Waals surface area contributed by atoms with Gasteiger partial charge in [0.1, 0.15) is 18.3 Å². The normalized spacial score (nSPS) is 12.2. The van der Waals surface area contributed by atoms with Gasteiger partial charge in [-0.05, 0) is 73.7 Å². The maximum Gasteiger partial charge on any atom is 0.264 e. The molecule has 0 heterocycles. The van der Waals surface area contributed by atoms with E-state index < -0.39 is 28.5 Å². The third-order valence-electron chi connectivity index (χ3n) is 6.79. The molecule has 1 N–H and O–H groups in total. The van der Waals surface area contributed by atoms with Gasteiger partial charge in [-0.2, -0.15) is 0 Å². The van der Waals surface area contributed by atoms with Crippen molar-refractivity contribution in [1.82, 2.24) is 10.2 Å². The number of benzene rings is 3. The average molecular weight is 580 g/mol. The topological polar surface area (TPSA) is 96.0 Å². The number of carbonyl (C=O) groups is 2. The number of ether oxygens (including phenoxy) is 1. The highest BCUT2D eigenvalue weighted by Crippen LogP contribution is 2.27. The molecule has 0 saturated carbocycles. The third-order valence-corrected chi connectivity index (χ3v) is 8.57. The molecule has 0 spiro atoms. The van der Waals surface area contributed by atoms with Crippen molar-refractivity contribution in [2.45, 2.75) is 70.5 Å². The van der Waals surface area contributed by atoms with E-state index in [1.54, 1.807) is 49.6 Å². The lowest BCUT2D eigenvalue weighted by Gasteiger charge is -2.33. The predicted octanol–water partition coefficient (Wildman–Crippen LogP) is 5.35. The van der Waals surface area contributed by atoms with Gasteiger partial charge in [0.25, 0.3) is 10.0 Å². The number of hydrogen-bond acceptors (Lipinski definition) is 5. The summed E-state index contributed by atoms with van der Waals surface area (Å²) in [5, 5.41) is 2.91. The molecule has 220 valence electrons. The van der Waals surface area contributed by atoms with E-state index >= 15 is 0 Å². The second-order valence-electron chi connectivity index (χ2n) is 10.5. The Labute approximate surface area is 244 Å². The SMILES string of the molecule is CCC(C(=O)NC(C)C)N(Cc1ccc(OC)cc1)C(=O)CN(c1ccc(C(C)C)cc1)S(=O)(=O)c1ccccc1. The van der Waals surface area contributed by atoms with E-state index in [1.165, 1.54) is 17.0 Å². The van der Waals surface area contributed by atoms with Crippen LogP contribution < -0.4 is 14.4 Å². The summed E-state index contributed by atoms with van der Waals surface area (Å²) < 4.78 is 34.2. The van der Waals surface area contributed by atoms with Crippen LogP contribution in [0.4, 0.5) is 5.69 Å². The minimum absolute atomic E-state index is 0.0760. The van der Waals surface area contributed by atoms with E-state index in [0.717, 1.165) is 15.4 Å². The summed E-state index contributed by atoms with van der Waals surface area (Å²) in [5.74, 6) is 0.151. The van der Waals surface area contributed by atoms with E-state index in [-0.39, 0.29) is 29.3 Å². The molecular weight excluding hydrogens is 538 g/mol. The number of sulfonamides is 1. The Hall–Kier alpha value is -3.85. The van der Waals surface area contributed by atoms with Crippen LogP contribution in [0.5, 0.6) is 5.75 Å². The second kappa shape index (κ2) is 14.2. The third kappa shape index (κ3) is 8.10. The predicted molar refractivity (Wildman–Crippen MR) is 162 cm³/mol. The fourth-order valence-electron chi connectivity index (χ4n) is 4.50. The van der Waals surface area contributed by atoms with Gasteiger partial charge in [-0.1, -0.05) is 63.2 Å². The van der Waals surface area contributed by atoms with Crippen LogP contribution in [0.3, 0.4) is 0 Å². The standard InChI is InChI=1S/C32H41N3O5S/c1-7-30(32(37)33-24(4)5)34(21-25-13-19-28(40-6)20-14-25)31(36)22-35(27-17-15-26(16-18-27)23(2)3)41(38,39)29-11-9-8-10-12-29/h8-20,23-24,30H,7,21-22H2,1-6H3,(H,33,37). The Morgan fingerprint density at radius 2 is 1.49 bits per heavy atom. The Morgan fingerprint density at radius 3 is 2.00 bits per heavy atom. The Balaban J connectivity index is 2.06. The van der Waals surface area contributed by atoms with E-state index in [1.807, 2.05) is 45.0 Å². The molecular formula is C32H41N3O5S. The molecule has 3 rings (SSSR count). The number of nitrogens with one attached hydrogen (secondary N) is 1. The van der Waals surface area contributed by atoms with Gasteiger partial charge in [-0.3, -0.25) is 13.9 Å². The molecule has 0 aliphatic heterocycles. The summed E-state index contributed by atoms with van der Waals surface area (Å²) in [4.78, 5) is 28.9. The molecule has 9 heteroatoms. The maximum atomic E-state index is 14.1. The van der Waals surface area contributed by atoms with Gasteiger partial charge in [0, 0.05) is 12.6 Å². The van der Waals surface area contributed by atoms with Crippen molar-refractivity contribution in [1.29, 1.82) is 0 Å². The zero-order valence-corrected chi connectivity index (χ0v) is 25.5. The Bertz CT molecular complexity index is 1390. The molecule has 8 nitrogen and oxygen atoms in total. The average Bonchev–Trinajstić information content (AvgIpc) is 2.96. The second-order valence-corrected chi connectivity index (χ2v) is 12.4. The largest absolute Gasteiger partial charge is 0.497 e. The van der Waals surface area contributed by atoms with Gasteiger partial charge in [-0.15, -0.1) is 0 Å². The molecule has 0 aliphatic rings. The molecule has 0 bridgehead atoms. The number of carbonyl (C=O) groups excluding carboxylic acids is 2. The first kappa shape index (κ1) is 31.7. The van der Waals surface area contributed by atoms with Crippen molar-refractivity contribution in [2.24, 2.45) is 0 Å². The number of anilines is 1. The van der Waals surface area contributed by atoms with Gasteiger partial charge < -0.3 is 15.0 Å². The fourth-order valence-corrected chi connectivity index (χ4v) is 5.94. The Kier molecular flexibility index (Phi) is 10.9. The summed E-state index contributed by atoms with van der Waals surface area (Å²) in [6.07, 6.45) is 0.356. The quantitative estimate of drug-likeness (QED) is 0.295. The molecule has 1 unspecified atom stereocenters. The summed E-state index contributed by atoms with van der Waals surface area (Å²) >= 11 is 0. The van der Waals surface area contributed by atoms with Crippen molar-refractivity contribution in [3.8, 4) is 5.75 Å². The van der Waals surface area contributed by atoms with E-state index in [9.17, 15) is 18.0 Å². The van der Waals surface area contributed by atoms with Crippen molar-refractivity contribution in [3.63, 3.8) is 0 Å². The molecule has 0 saturated heterocycles. The highest BCUT2D eigenvalue weighted by Gasteiger charge is 2.33. The first-order valence-electron chi connectivity index (χ1n) is 13.9. The van der Waals surface area contributed by atoms with Crippen LogP contribution in [0.1, 0.15) is 58.1 Å². The van der Waals surface area contributed by atoms with Crippen LogP contribution in [-0.4, -0.2) is 50.9 Å². The van der Waals surface area contributed by atoms with E-state index in [0.29, 0.717) is 17.9 Å². The highest BCUT2D eigenvalue weighted by molar-refractivity contribution is 7.92. The summed E-state index contributed by atoms with van der Waals surface area (Å²) in [5.41, 5.74) is 2.21. The number of nitrogens with zero attached hydrogens (tertiary/aromatic N) is 2. The number of hydrogen-bond donors (Lipinski definition) is 1. The van der Waals surface area contributed by atoms with Crippen LogP contribution >= 0.6 is 0 Å². The maximum absolute atomic E-state index is 14.1. The smallest absolute Gasteiger partial charge is 0.264 e. The molecule has 2 amide bonds. The minimum Gasteiger partial charge on any atom is -0.497 e. The van der Waals surface area contributed by atoms with Crippen LogP contribution in [0.25, 0.3) is 0 Å².